The highest BCUT2D eigenvalue weighted by Crippen LogP contribution is 2.11. The minimum atomic E-state index is 0.777. The van der Waals surface area contributed by atoms with Gasteiger partial charge in [-0.1, -0.05) is 13.3 Å². The molecule has 0 radical (unpaired) electrons. The van der Waals surface area contributed by atoms with Gasteiger partial charge in [-0.3, -0.25) is 0 Å². The third-order valence-corrected chi connectivity index (χ3v) is 2.58. The van der Waals surface area contributed by atoms with Crippen LogP contribution in [0.25, 0.3) is 0 Å². The van der Waals surface area contributed by atoms with Crippen LogP contribution in [0.2, 0.25) is 0 Å². The molecule has 0 amide bonds. The first kappa shape index (κ1) is 9.68. The van der Waals surface area contributed by atoms with Crippen LogP contribution in [0.15, 0.2) is 5.38 Å². The van der Waals surface area contributed by atoms with Crippen molar-refractivity contribution in [3.63, 3.8) is 0 Å². The summed E-state index contributed by atoms with van der Waals surface area (Å²) in [6.07, 6.45) is 3.22. The molecule has 1 rings (SSSR count). The van der Waals surface area contributed by atoms with Crippen molar-refractivity contribution in [1.82, 2.24) is 4.98 Å². The van der Waals surface area contributed by atoms with Gasteiger partial charge in [-0.25, -0.2) is 4.98 Å². The highest BCUT2D eigenvalue weighted by Gasteiger charge is 1.99. The highest BCUT2D eigenvalue weighted by molar-refractivity contribution is 7.09. The molecule has 0 aliphatic rings. The lowest BCUT2D eigenvalue weighted by Crippen LogP contribution is -1.94. The van der Waals surface area contributed by atoms with E-state index in [1.54, 1.807) is 18.4 Å². The highest BCUT2D eigenvalue weighted by atomic mass is 32.1. The Balaban J connectivity index is 2.41. The predicted octanol–water partition coefficient (Wildman–Crippen LogP) is 2.28. The smallest absolute Gasteiger partial charge is 0.0951 e. The summed E-state index contributed by atoms with van der Waals surface area (Å²) in [5.74, 6) is 0. The van der Waals surface area contributed by atoms with Gasteiger partial charge in [0.15, 0.2) is 0 Å². The van der Waals surface area contributed by atoms with Crippen molar-refractivity contribution in [2.24, 2.45) is 0 Å². The molecule has 1 aromatic heterocycles. The Hall–Kier alpha value is -0.410. The number of hydrogen-bond donors (Lipinski definition) is 0. The summed E-state index contributed by atoms with van der Waals surface area (Å²) in [4.78, 5) is 4.48. The van der Waals surface area contributed by atoms with Crippen LogP contribution in [0, 0.1) is 0 Å². The number of aromatic nitrogens is 1. The molecule has 0 N–H and O–H groups in total. The number of nitrogens with zero attached hydrogens (tertiary/aromatic N) is 1. The molecule has 0 aliphatic carbocycles. The monoisotopic (exact) mass is 185 g/mol. The average molecular weight is 185 g/mol. The number of aryl methyl sites for hydroxylation is 1. The van der Waals surface area contributed by atoms with Crippen molar-refractivity contribution in [2.45, 2.75) is 26.2 Å². The lowest BCUT2D eigenvalue weighted by atomic mass is 10.3. The number of methoxy groups -OCH3 is 1. The molecule has 12 heavy (non-hydrogen) atoms. The molecule has 68 valence electrons. The van der Waals surface area contributed by atoms with Gasteiger partial charge >= 0.3 is 0 Å². The van der Waals surface area contributed by atoms with E-state index in [1.807, 2.05) is 0 Å². The van der Waals surface area contributed by atoms with E-state index in [1.165, 1.54) is 17.1 Å². The molecule has 0 saturated carbocycles. The van der Waals surface area contributed by atoms with E-state index in [0.717, 1.165) is 19.4 Å². The Morgan fingerprint density at radius 3 is 3.00 bits per heavy atom. The zero-order valence-electron chi connectivity index (χ0n) is 7.67. The van der Waals surface area contributed by atoms with Gasteiger partial charge in [0, 0.05) is 18.9 Å². The van der Waals surface area contributed by atoms with Crippen molar-refractivity contribution in [3.8, 4) is 0 Å². The summed E-state index contributed by atoms with van der Waals surface area (Å²) in [6.45, 7) is 2.95. The molecule has 0 saturated heterocycles. The second kappa shape index (κ2) is 5.27. The van der Waals surface area contributed by atoms with Gasteiger partial charge in [0.05, 0.1) is 17.3 Å². The fraction of sp³-hybridized carbons (Fsp3) is 0.667. The minimum absolute atomic E-state index is 0.777. The first-order valence-electron chi connectivity index (χ1n) is 4.29. The quantitative estimate of drug-likeness (QED) is 0.702. The van der Waals surface area contributed by atoms with E-state index >= 15 is 0 Å². The Labute approximate surface area is 77.6 Å². The zero-order chi connectivity index (χ0) is 8.81. The second-order valence-electron chi connectivity index (χ2n) is 2.73. The topological polar surface area (TPSA) is 22.1 Å². The van der Waals surface area contributed by atoms with Crippen LogP contribution in [-0.4, -0.2) is 18.7 Å². The molecule has 0 bridgehead atoms. The third kappa shape index (κ3) is 2.91. The molecule has 1 heterocycles. The largest absolute Gasteiger partial charge is 0.384 e. The van der Waals surface area contributed by atoms with E-state index in [2.05, 4.69) is 17.3 Å². The first-order chi connectivity index (χ1) is 5.86. The van der Waals surface area contributed by atoms with Crippen LogP contribution in [0.4, 0.5) is 0 Å². The van der Waals surface area contributed by atoms with Crippen molar-refractivity contribution in [1.29, 1.82) is 0 Å². The summed E-state index contributed by atoms with van der Waals surface area (Å²) >= 11 is 1.74. The van der Waals surface area contributed by atoms with Crippen LogP contribution >= 0.6 is 11.3 Å². The van der Waals surface area contributed by atoms with E-state index in [-0.39, 0.29) is 0 Å². The van der Waals surface area contributed by atoms with Gasteiger partial charge in [-0.05, 0) is 6.42 Å². The SMILES string of the molecule is CCCc1csc(CCOC)n1. The summed E-state index contributed by atoms with van der Waals surface area (Å²) in [5.41, 5.74) is 1.23. The molecule has 0 aromatic carbocycles. The number of ether oxygens (including phenoxy) is 1. The third-order valence-electron chi connectivity index (χ3n) is 1.63. The predicted molar refractivity (Wildman–Crippen MR) is 51.7 cm³/mol. The summed E-state index contributed by atoms with van der Waals surface area (Å²) in [5, 5.41) is 3.34. The molecule has 0 atom stereocenters. The van der Waals surface area contributed by atoms with Gasteiger partial charge in [0.2, 0.25) is 0 Å². The Kier molecular flexibility index (Phi) is 4.25. The average Bonchev–Trinajstić information content (AvgIpc) is 2.50. The van der Waals surface area contributed by atoms with E-state index in [9.17, 15) is 0 Å². The van der Waals surface area contributed by atoms with Crippen molar-refractivity contribution in [2.75, 3.05) is 13.7 Å². The van der Waals surface area contributed by atoms with E-state index < -0.39 is 0 Å². The molecule has 1 aromatic rings. The van der Waals surface area contributed by atoms with Crippen LogP contribution in [0.1, 0.15) is 24.0 Å². The molecule has 0 fully saturated rings. The van der Waals surface area contributed by atoms with Crippen molar-refractivity contribution in [3.05, 3.63) is 16.1 Å². The summed E-state index contributed by atoms with van der Waals surface area (Å²) in [6, 6.07) is 0. The maximum Gasteiger partial charge on any atom is 0.0951 e. The van der Waals surface area contributed by atoms with Crippen LogP contribution in [-0.2, 0) is 17.6 Å². The van der Waals surface area contributed by atoms with E-state index in [4.69, 9.17) is 4.74 Å². The molecule has 3 heteroatoms. The van der Waals surface area contributed by atoms with Crippen molar-refractivity contribution >= 4 is 11.3 Å². The molecular formula is C9H15NOS. The van der Waals surface area contributed by atoms with Gasteiger partial charge in [0.1, 0.15) is 0 Å². The standard InChI is InChI=1S/C9H15NOS/c1-3-4-8-7-12-9(10-8)5-6-11-2/h7H,3-6H2,1-2H3. The maximum atomic E-state index is 4.98. The molecule has 2 nitrogen and oxygen atoms in total. The minimum Gasteiger partial charge on any atom is -0.384 e. The normalized spacial score (nSPS) is 10.5. The molecule has 0 unspecified atom stereocenters. The van der Waals surface area contributed by atoms with Crippen LogP contribution in [0.5, 0.6) is 0 Å². The van der Waals surface area contributed by atoms with Gasteiger partial charge < -0.3 is 4.74 Å². The van der Waals surface area contributed by atoms with Gasteiger partial charge in [0.25, 0.3) is 0 Å². The molecule has 0 aliphatic heterocycles. The Morgan fingerprint density at radius 2 is 2.33 bits per heavy atom. The molecule has 0 spiro atoms. The number of hydrogen-bond acceptors (Lipinski definition) is 3. The van der Waals surface area contributed by atoms with Crippen molar-refractivity contribution < 1.29 is 4.74 Å². The fourth-order valence-corrected chi connectivity index (χ4v) is 1.84. The molecular weight excluding hydrogens is 170 g/mol. The lowest BCUT2D eigenvalue weighted by molar-refractivity contribution is 0.202. The Morgan fingerprint density at radius 1 is 1.50 bits per heavy atom. The number of rotatable bonds is 5. The maximum absolute atomic E-state index is 4.98. The van der Waals surface area contributed by atoms with Gasteiger partial charge in [-0.15, -0.1) is 11.3 Å². The van der Waals surface area contributed by atoms with Crippen LogP contribution in [0.3, 0.4) is 0 Å². The lowest BCUT2D eigenvalue weighted by Gasteiger charge is -1.93. The Bertz CT molecular complexity index is 222. The van der Waals surface area contributed by atoms with Crippen LogP contribution < -0.4 is 0 Å². The summed E-state index contributed by atoms with van der Waals surface area (Å²) in [7, 11) is 1.72. The summed E-state index contributed by atoms with van der Waals surface area (Å²) < 4.78 is 4.98. The van der Waals surface area contributed by atoms with Gasteiger partial charge in [-0.2, -0.15) is 0 Å². The fourth-order valence-electron chi connectivity index (χ4n) is 1.02. The first-order valence-corrected chi connectivity index (χ1v) is 5.17. The van der Waals surface area contributed by atoms with E-state index in [0.29, 0.717) is 0 Å². The zero-order valence-corrected chi connectivity index (χ0v) is 8.49. The number of thiazole rings is 1. The second-order valence-corrected chi connectivity index (χ2v) is 3.67.